The van der Waals surface area contributed by atoms with Gasteiger partial charge in [0.2, 0.25) is 0 Å². The summed E-state index contributed by atoms with van der Waals surface area (Å²) >= 11 is 0. The number of furan rings is 1. The zero-order valence-corrected chi connectivity index (χ0v) is 14.7. The first kappa shape index (κ1) is 17.9. The fraction of sp³-hybridized carbons (Fsp3) is 0.722. The highest BCUT2D eigenvalue weighted by Crippen LogP contribution is 2.21. The molecule has 2 amide bonds. The van der Waals surface area contributed by atoms with Gasteiger partial charge in [0, 0.05) is 12.6 Å². The highest BCUT2D eigenvalue weighted by Gasteiger charge is 2.17. The van der Waals surface area contributed by atoms with Crippen LogP contribution in [-0.2, 0) is 0 Å². The van der Waals surface area contributed by atoms with E-state index < -0.39 is 0 Å². The van der Waals surface area contributed by atoms with E-state index in [9.17, 15) is 4.79 Å². The number of hydrogen-bond acceptors (Lipinski definition) is 3. The van der Waals surface area contributed by atoms with Crippen LogP contribution in [0.1, 0.15) is 63.0 Å². The van der Waals surface area contributed by atoms with Gasteiger partial charge in [0.05, 0.1) is 6.04 Å². The molecule has 130 valence electrons. The molecule has 1 heterocycles. The molecule has 1 unspecified atom stereocenters. The van der Waals surface area contributed by atoms with Gasteiger partial charge in [-0.25, -0.2) is 4.79 Å². The van der Waals surface area contributed by atoms with E-state index in [1.165, 1.54) is 32.1 Å². The summed E-state index contributed by atoms with van der Waals surface area (Å²) in [5.74, 6) is 1.65. The van der Waals surface area contributed by atoms with Crippen LogP contribution < -0.4 is 10.6 Å². The summed E-state index contributed by atoms with van der Waals surface area (Å²) in [6.07, 6.45) is 7.74. The number of hydrogen-bond donors (Lipinski definition) is 2. The molecule has 23 heavy (non-hydrogen) atoms. The van der Waals surface area contributed by atoms with E-state index in [-0.39, 0.29) is 12.1 Å². The lowest BCUT2D eigenvalue weighted by Gasteiger charge is -2.31. The Morgan fingerprint density at radius 2 is 2.09 bits per heavy atom. The molecule has 1 aromatic rings. The Hall–Kier alpha value is -1.49. The second-order valence-corrected chi connectivity index (χ2v) is 6.70. The Labute approximate surface area is 139 Å². The van der Waals surface area contributed by atoms with E-state index in [1.807, 2.05) is 26.0 Å². The fourth-order valence-corrected chi connectivity index (χ4v) is 3.24. The van der Waals surface area contributed by atoms with Gasteiger partial charge in [0.15, 0.2) is 0 Å². The van der Waals surface area contributed by atoms with Crippen LogP contribution >= 0.6 is 0 Å². The van der Waals surface area contributed by atoms with E-state index in [2.05, 4.69) is 22.6 Å². The first-order valence-electron chi connectivity index (χ1n) is 8.87. The molecule has 1 atom stereocenters. The molecule has 1 aromatic heterocycles. The summed E-state index contributed by atoms with van der Waals surface area (Å²) < 4.78 is 5.52. The minimum atomic E-state index is -0.133. The van der Waals surface area contributed by atoms with Crippen molar-refractivity contribution in [2.24, 2.45) is 0 Å². The van der Waals surface area contributed by atoms with Crippen LogP contribution in [0, 0.1) is 6.92 Å². The molecule has 0 saturated heterocycles. The quantitative estimate of drug-likeness (QED) is 0.754. The topological polar surface area (TPSA) is 57.5 Å². The fourth-order valence-electron chi connectivity index (χ4n) is 3.24. The van der Waals surface area contributed by atoms with Crippen LogP contribution in [0.15, 0.2) is 16.5 Å². The number of urea groups is 1. The molecular weight excluding hydrogens is 290 g/mol. The first-order valence-corrected chi connectivity index (χ1v) is 8.87. The maximum Gasteiger partial charge on any atom is 0.315 e. The normalized spacial score (nSPS) is 17.2. The highest BCUT2D eigenvalue weighted by molar-refractivity contribution is 5.74. The minimum Gasteiger partial charge on any atom is -0.464 e. The Bertz CT molecular complexity index is 480. The van der Waals surface area contributed by atoms with Crippen LogP contribution in [-0.4, -0.2) is 37.1 Å². The largest absolute Gasteiger partial charge is 0.464 e. The molecule has 0 bridgehead atoms. The van der Waals surface area contributed by atoms with Crippen molar-refractivity contribution in [3.63, 3.8) is 0 Å². The third kappa shape index (κ3) is 5.90. The zero-order valence-electron chi connectivity index (χ0n) is 14.7. The van der Waals surface area contributed by atoms with Crippen LogP contribution in [0.25, 0.3) is 0 Å². The van der Waals surface area contributed by atoms with Crippen molar-refractivity contribution >= 4 is 6.03 Å². The van der Waals surface area contributed by atoms with E-state index >= 15 is 0 Å². The highest BCUT2D eigenvalue weighted by atomic mass is 16.3. The molecule has 5 heteroatoms. The van der Waals surface area contributed by atoms with Crippen molar-refractivity contribution in [1.82, 2.24) is 15.5 Å². The van der Waals surface area contributed by atoms with E-state index in [0.29, 0.717) is 6.54 Å². The van der Waals surface area contributed by atoms with Crippen LogP contribution in [0.4, 0.5) is 4.79 Å². The standard InChI is InChI=1S/C18H31N3O2/c1-14-10-11-17(23-14)15(2)20-18(22)19-12-7-13-21(3)16-8-5-4-6-9-16/h10-11,15-16H,4-9,12-13H2,1-3H3,(H2,19,20,22). The molecule has 5 nitrogen and oxygen atoms in total. The second-order valence-electron chi connectivity index (χ2n) is 6.70. The molecule has 2 rings (SSSR count). The number of aryl methyl sites for hydroxylation is 1. The number of carbonyl (C=O) groups is 1. The van der Waals surface area contributed by atoms with Crippen LogP contribution in [0.3, 0.4) is 0 Å². The smallest absolute Gasteiger partial charge is 0.315 e. The van der Waals surface area contributed by atoms with Gasteiger partial charge in [-0.1, -0.05) is 19.3 Å². The third-order valence-corrected chi connectivity index (χ3v) is 4.71. The lowest BCUT2D eigenvalue weighted by Crippen LogP contribution is -2.39. The van der Waals surface area contributed by atoms with Gasteiger partial charge in [-0.15, -0.1) is 0 Å². The van der Waals surface area contributed by atoms with Crippen molar-refractivity contribution in [1.29, 1.82) is 0 Å². The Morgan fingerprint density at radius 3 is 2.74 bits per heavy atom. The lowest BCUT2D eigenvalue weighted by atomic mass is 9.94. The van der Waals surface area contributed by atoms with Gasteiger partial charge < -0.3 is 20.0 Å². The van der Waals surface area contributed by atoms with Gasteiger partial charge >= 0.3 is 6.03 Å². The van der Waals surface area contributed by atoms with E-state index in [0.717, 1.165) is 30.5 Å². The summed E-state index contributed by atoms with van der Waals surface area (Å²) in [6, 6.07) is 4.30. The molecule has 0 aromatic carbocycles. The minimum absolute atomic E-state index is 0.117. The summed E-state index contributed by atoms with van der Waals surface area (Å²) in [4.78, 5) is 14.4. The summed E-state index contributed by atoms with van der Waals surface area (Å²) in [5.41, 5.74) is 0. The van der Waals surface area contributed by atoms with Gasteiger partial charge in [-0.2, -0.15) is 0 Å². The van der Waals surface area contributed by atoms with Crippen molar-refractivity contribution < 1.29 is 9.21 Å². The average Bonchev–Trinajstić information content (AvgIpc) is 2.99. The zero-order chi connectivity index (χ0) is 16.7. The third-order valence-electron chi connectivity index (χ3n) is 4.71. The number of rotatable bonds is 7. The van der Waals surface area contributed by atoms with E-state index in [4.69, 9.17) is 4.42 Å². The van der Waals surface area contributed by atoms with Crippen molar-refractivity contribution in [3.05, 3.63) is 23.7 Å². The predicted molar refractivity (Wildman–Crippen MR) is 92.5 cm³/mol. The van der Waals surface area contributed by atoms with Crippen molar-refractivity contribution in [2.45, 2.75) is 64.5 Å². The second kappa shape index (κ2) is 8.96. The predicted octanol–water partition coefficient (Wildman–Crippen LogP) is 3.60. The van der Waals surface area contributed by atoms with Gasteiger partial charge in [-0.3, -0.25) is 0 Å². The Balaban J connectivity index is 1.59. The van der Waals surface area contributed by atoms with Gasteiger partial charge in [0.1, 0.15) is 11.5 Å². The summed E-state index contributed by atoms with van der Waals surface area (Å²) in [5, 5.41) is 5.83. The van der Waals surface area contributed by atoms with Crippen LogP contribution in [0.5, 0.6) is 0 Å². The van der Waals surface area contributed by atoms with Crippen LogP contribution in [0.2, 0.25) is 0 Å². The Kier molecular flexibility index (Phi) is 6.96. The monoisotopic (exact) mass is 321 g/mol. The summed E-state index contributed by atoms with van der Waals surface area (Å²) in [7, 11) is 2.21. The lowest BCUT2D eigenvalue weighted by molar-refractivity contribution is 0.189. The molecule has 1 aliphatic carbocycles. The SMILES string of the molecule is Cc1ccc(C(C)NC(=O)NCCCN(C)C2CCCCC2)o1. The number of nitrogens with zero attached hydrogens (tertiary/aromatic N) is 1. The molecule has 2 N–H and O–H groups in total. The number of amides is 2. The number of carbonyl (C=O) groups excluding carboxylic acids is 1. The van der Waals surface area contributed by atoms with Crippen molar-refractivity contribution in [3.8, 4) is 0 Å². The molecule has 0 radical (unpaired) electrons. The molecule has 1 saturated carbocycles. The van der Waals surface area contributed by atoms with E-state index in [1.54, 1.807) is 0 Å². The maximum absolute atomic E-state index is 11.9. The first-order chi connectivity index (χ1) is 11.1. The number of nitrogens with one attached hydrogen (secondary N) is 2. The molecular formula is C18H31N3O2. The molecule has 0 aliphatic heterocycles. The molecule has 1 aliphatic rings. The maximum atomic E-state index is 11.9. The molecule has 1 fully saturated rings. The summed E-state index contributed by atoms with van der Waals surface area (Å²) in [6.45, 7) is 5.57. The van der Waals surface area contributed by atoms with Gasteiger partial charge in [-0.05, 0) is 58.8 Å². The average molecular weight is 321 g/mol. The molecule has 0 spiro atoms. The Morgan fingerprint density at radius 1 is 1.35 bits per heavy atom. The van der Waals surface area contributed by atoms with Crippen molar-refractivity contribution in [2.75, 3.05) is 20.1 Å². The van der Waals surface area contributed by atoms with Gasteiger partial charge in [0.25, 0.3) is 0 Å².